The highest BCUT2D eigenvalue weighted by Crippen LogP contribution is 2.15. The van der Waals surface area contributed by atoms with Crippen LogP contribution in [0.4, 0.5) is 5.13 Å². The molecule has 3 rings (SSSR count). The number of rotatable bonds is 4. The molecule has 1 amide bonds. The first-order valence-corrected chi connectivity index (χ1v) is 8.08. The van der Waals surface area contributed by atoms with Gasteiger partial charge in [-0.25, -0.2) is 0 Å². The summed E-state index contributed by atoms with van der Waals surface area (Å²) >= 11 is 1.31. The van der Waals surface area contributed by atoms with Crippen molar-refractivity contribution in [3.63, 3.8) is 0 Å². The second kappa shape index (κ2) is 6.78. The summed E-state index contributed by atoms with van der Waals surface area (Å²) in [5, 5.41) is 10.8. The fourth-order valence-corrected chi connectivity index (χ4v) is 2.97. The molecule has 1 fully saturated rings. The van der Waals surface area contributed by atoms with E-state index in [1.807, 2.05) is 24.3 Å². The van der Waals surface area contributed by atoms with Crippen molar-refractivity contribution in [1.82, 2.24) is 15.1 Å². The molecule has 2 heterocycles. The van der Waals surface area contributed by atoms with Gasteiger partial charge in [0.05, 0.1) is 0 Å². The molecule has 21 heavy (non-hydrogen) atoms. The van der Waals surface area contributed by atoms with Crippen LogP contribution in [-0.2, 0) is 6.54 Å². The molecule has 0 atom stereocenters. The van der Waals surface area contributed by atoms with E-state index in [9.17, 15) is 4.79 Å². The standard InChI is InChI=1S/C15H18N4OS/c20-14(17-15-18-16-11-21-15)13-6-4-12(5-7-13)10-19-8-2-1-3-9-19/h4-7,11H,1-3,8-10H2,(H,17,18,20). The summed E-state index contributed by atoms with van der Waals surface area (Å²) in [5.74, 6) is -0.142. The van der Waals surface area contributed by atoms with Crippen molar-refractivity contribution in [3.05, 3.63) is 40.9 Å². The molecule has 1 aromatic heterocycles. The zero-order valence-corrected chi connectivity index (χ0v) is 12.6. The van der Waals surface area contributed by atoms with Crippen molar-refractivity contribution in [3.8, 4) is 0 Å². The summed E-state index contributed by atoms with van der Waals surface area (Å²) in [6, 6.07) is 7.80. The van der Waals surface area contributed by atoms with Crippen LogP contribution < -0.4 is 5.32 Å². The molecule has 1 aliphatic heterocycles. The molecular formula is C15H18N4OS. The Balaban J connectivity index is 1.59. The van der Waals surface area contributed by atoms with Crippen LogP contribution in [0.15, 0.2) is 29.8 Å². The lowest BCUT2D eigenvalue weighted by molar-refractivity contribution is 0.102. The minimum absolute atomic E-state index is 0.142. The topological polar surface area (TPSA) is 58.1 Å². The second-order valence-electron chi connectivity index (χ2n) is 5.23. The van der Waals surface area contributed by atoms with Crippen LogP contribution in [-0.4, -0.2) is 34.1 Å². The number of hydrogen-bond donors (Lipinski definition) is 1. The van der Waals surface area contributed by atoms with Crippen LogP contribution in [0, 0.1) is 0 Å². The van der Waals surface area contributed by atoms with E-state index in [1.165, 1.54) is 49.3 Å². The van der Waals surface area contributed by atoms with Gasteiger partial charge in [0.1, 0.15) is 5.51 Å². The lowest BCUT2D eigenvalue weighted by Crippen LogP contribution is -2.29. The average molecular weight is 302 g/mol. The molecule has 0 bridgehead atoms. The van der Waals surface area contributed by atoms with Gasteiger partial charge in [-0.15, -0.1) is 10.2 Å². The third kappa shape index (κ3) is 3.86. The number of aromatic nitrogens is 2. The Kier molecular flexibility index (Phi) is 4.57. The van der Waals surface area contributed by atoms with Crippen LogP contribution in [0.1, 0.15) is 35.2 Å². The summed E-state index contributed by atoms with van der Waals surface area (Å²) in [6.45, 7) is 3.33. The van der Waals surface area contributed by atoms with E-state index in [1.54, 1.807) is 5.51 Å². The van der Waals surface area contributed by atoms with E-state index < -0.39 is 0 Å². The maximum absolute atomic E-state index is 12.0. The Morgan fingerprint density at radius 2 is 1.95 bits per heavy atom. The molecule has 1 aromatic carbocycles. The molecule has 0 saturated carbocycles. The predicted molar refractivity (Wildman–Crippen MR) is 83.4 cm³/mol. The highest BCUT2D eigenvalue weighted by Gasteiger charge is 2.11. The minimum atomic E-state index is -0.142. The highest BCUT2D eigenvalue weighted by atomic mass is 32.1. The monoisotopic (exact) mass is 302 g/mol. The molecule has 1 N–H and O–H groups in total. The molecule has 0 spiro atoms. The second-order valence-corrected chi connectivity index (χ2v) is 6.06. The SMILES string of the molecule is O=C(Nc1nncs1)c1ccc(CN2CCCCC2)cc1. The van der Waals surface area contributed by atoms with E-state index >= 15 is 0 Å². The van der Waals surface area contributed by atoms with Crippen molar-refractivity contribution in [2.24, 2.45) is 0 Å². The number of amides is 1. The Morgan fingerprint density at radius 3 is 2.62 bits per heavy atom. The Morgan fingerprint density at radius 1 is 1.19 bits per heavy atom. The number of nitrogens with one attached hydrogen (secondary N) is 1. The number of anilines is 1. The van der Waals surface area contributed by atoms with Crippen LogP contribution in [0.3, 0.4) is 0 Å². The summed E-state index contributed by atoms with van der Waals surface area (Å²) in [7, 11) is 0. The summed E-state index contributed by atoms with van der Waals surface area (Å²) < 4.78 is 0. The average Bonchev–Trinajstić information content (AvgIpc) is 3.02. The third-order valence-electron chi connectivity index (χ3n) is 3.65. The van der Waals surface area contributed by atoms with Crippen LogP contribution in [0.25, 0.3) is 0 Å². The molecule has 110 valence electrons. The quantitative estimate of drug-likeness (QED) is 0.943. The van der Waals surface area contributed by atoms with Crippen LogP contribution in [0.5, 0.6) is 0 Å². The van der Waals surface area contributed by atoms with Crippen molar-refractivity contribution >= 4 is 22.4 Å². The van der Waals surface area contributed by atoms with Gasteiger partial charge < -0.3 is 0 Å². The number of benzene rings is 1. The number of hydrogen-bond acceptors (Lipinski definition) is 5. The highest BCUT2D eigenvalue weighted by molar-refractivity contribution is 7.13. The number of piperidine rings is 1. The van der Waals surface area contributed by atoms with E-state index in [2.05, 4.69) is 20.4 Å². The summed E-state index contributed by atoms with van der Waals surface area (Å²) in [4.78, 5) is 14.5. The molecule has 1 aliphatic rings. The summed E-state index contributed by atoms with van der Waals surface area (Å²) in [5.41, 5.74) is 3.49. The zero-order chi connectivity index (χ0) is 14.5. The van der Waals surface area contributed by atoms with Gasteiger partial charge in [-0.2, -0.15) is 0 Å². The van der Waals surface area contributed by atoms with E-state index in [4.69, 9.17) is 0 Å². The van der Waals surface area contributed by atoms with Crippen molar-refractivity contribution in [2.45, 2.75) is 25.8 Å². The predicted octanol–water partition coefficient (Wildman–Crippen LogP) is 2.78. The molecule has 0 radical (unpaired) electrons. The van der Waals surface area contributed by atoms with Gasteiger partial charge in [-0.3, -0.25) is 15.0 Å². The smallest absolute Gasteiger partial charge is 0.257 e. The zero-order valence-electron chi connectivity index (χ0n) is 11.8. The minimum Gasteiger partial charge on any atom is -0.299 e. The third-order valence-corrected chi connectivity index (χ3v) is 4.26. The number of carbonyl (C=O) groups is 1. The van der Waals surface area contributed by atoms with Gasteiger partial charge in [0.2, 0.25) is 5.13 Å². The molecule has 2 aromatic rings. The van der Waals surface area contributed by atoms with Crippen molar-refractivity contribution < 1.29 is 4.79 Å². The van der Waals surface area contributed by atoms with Gasteiger partial charge in [0, 0.05) is 12.1 Å². The molecule has 6 heteroatoms. The van der Waals surface area contributed by atoms with E-state index in [0.717, 1.165) is 6.54 Å². The number of likely N-dealkylation sites (tertiary alicyclic amines) is 1. The Labute approximate surface area is 128 Å². The van der Waals surface area contributed by atoms with Crippen molar-refractivity contribution in [2.75, 3.05) is 18.4 Å². The Hall–Kier alpha value is -1.79. The molecular weight excluding hydrogens is 284 g/mol. The molecule has 0 unspecified atom stereocenters. The number of nitrogens with zero attached hydrogens (tertiary/aromatic N) is 3. The first kappa shape index (κ1) is 14.2. The first-order valence-electron chi connectivity index (χ1n) is 7.20. The van der Waals surface area contributed by atoms with Gasteiger partial charge in [0.25, 0.3) is 5.91 Å². The van der Waals surface area contributed by atoms with Gasteiger partial charge >= 0.3 is 0 Å². The fraction of sp³-hybridized carbons (Fsp3) is 0.400. The van der Waals surface area contributed by atoms with Crippen molar-refractivity contribution in [1.29, 1.82) is 0 Å². The molecule has 5 nitrogen and oxygen atoms in total. The van der Waals surface area contributed by atoms with E-state index in [-0.39, 0.29) is 5.91 Å². The van der Waals surface area contributed by atoms with Crippen LogP contribution >= 0.6 is 11.3 Å². The van der Waals surface area contributed by atoms with Crippen LogP contribution in [0.2, 0.25) is 0 Å². The maximum Gasteiger partial charge on any atom is 0.257 e. The van der Waals surface area contributed by atoms with Gasteiger partial charge in [-0.05, 0) is 43.6 Å². The van der Waals surface area contributed by atoms with E-state index in [0.29, 0.717) is 10.7 Å². The normalized spacial score (nSPS) is 15.8. The Bertz CT molecular complexity index is 576. The maximum atomic E-state index is 12.0. The summed E-state index contributed by atoms with van der Waals surface area (Å²) in [6.07, 6.45) is 3.94. The lowest BCUT2D eigenvalue weighted by atomic mass is 10.1. The largest absolute Gasteiger partial charge is 0.299 e. The molecule has 1 saturated heterocycles. The van der Waals surface area contributed by atoms with Gasteiger partial charge in [0.15, 0.2) is 0 Å². The lowest BCUT2D eigenvalue weighted by Gasteiger charge is -2.26. The fourth-order valence-electron chi connectivity index (χ4n) is 2.53. The number of carbonyl (C=O) groups excluding carboxylic acids is 1. The first-order chi connectivity index (χ1) is 10.3. The molecule has 0 aliphatic carbocycles. The van der Waals surface area contributed by atoms with Gasteiger partial charge in [-0.1, -0.05) is 29.9 Å².